The van der Waals surface area contributed by atoms with Crippen LogP contribution in [0.5, 0.6) is 0 Å². The van der Waals surface area contributed by atoms with Gasteiger partial charge in [-0.1, -0.05) is 36.4 Å². The van der Waals surface area contributed by atoms with Crippen LogP contribution >= 0.6 is 0 Å². The molecular formula is C18H13NO. The van der Waals surface area contributed by atoms with Crippen molar-refractivity contribution in [1.82, 2.24) is 0 Å². The van der Waals surface area contributed by atoms with Crippen molar-refractivity contribution in [2.24, 2.45) is 0 Å². The quantitative estimate of drug-likeness (QED) is 0.645. The Morgan fingerprint density at radius 3 is 2.70 bits per heavy atom. The van der Waals surface area contributed by atoms with Crippen molar-refractivity contribution in [2.75, 3.05) is 0 Å². The van der Waals surface area contributed by atoms with E-state index in [-0.39, 0.29) is 5.92 Å². The number of aliphatic hydroxyl groups is 1. The van der Waals surface area contributed by atoms with Gasteiger partial charge in [-0.25, -0.2) is 4.85 Å². The highest BCUT2D eigenvalue weighted by atomic mass is 16.3. The molecule has 2 unspecified atom stereocenters. The highest BCUT2D eigenvalue weighted by molar-refractivity contribution is 5.81. The van der Waals surface area contributed by atoms with Crippen LogP contribution in [0.3, 0.4) is 0 Å². The van der Waals surface area contributed by atoms with Crippen molar-refractivity contribution in [3.63, 3.8) is 0 Å². The number of terminal acetylenes is 1. The normalized spacial score (nSPS) is 16.6. The molecule has 0 saturated carbocycles. The zero-order valence-electron chi connectivity index (χ0n) is 10.9. The second kappa shape index (κ2) is 4.85. The number of benzene rings is 2. The van der Waals surface area contributed by atoms with Crippen LogP contribution in [0.25, 0.3) is 16.0 Å². The molecule has 0 bridgehead atoms. The smallest absolute Gasteiger partial charge is 0.187 e. The first-order chi connectivity index (χ1) is 9.76. The molecule has 1 aliphatic rings. The topological polar surface area (TPSA) is 24.6 Å². The lowest BCUT2D eigenvalue weighted by Gasteiger charge is -2.18. The molecule has 2 aromatic rings. The SMILES string of the molecule is [C-]#[N+]c1ccc2c(c1)-c1ccccc1C2C(O)CC#C. The van der Waals surface area contributed by atoms with Gasteiger partial charge in [-0.2, -0.15) is 0 Å². The first kappa shape index (κ1) is 12.5. The Kier molecular flexibility index (Phi) is 3.03. The number of aliphatic hydroxyl groups excluding tert-OH is 1. The van der Waals surface area contributed by atoms with E-state index in [2.05, 4.69) is 10.8 Å². The highest BCUT2D eigenvalue weighted by Crippen LogP contribution is 2.47. The van der Waals surface area contributed by atoms with E-state index < -0.39 is 6.10 Å². The summed E-state index contributed by atoms with van der Waals surface area (Å²) >= 11 is 0. The molecule has 20 heavy (non-hydrogen) atoms. The summed E-state index contributed by atoms with van der Waals surface area (Å²) in [6.45, 7) is 7.14. The number of hydrogen-bond acceptors (Lipinski definition) is 1. The summed E-state index contributed by atoms with van der Waals surface area (Å²) < 4.78 is 0. The average Bonchev–Trinajstić information content (AvgIpc) is 2.81. The molecular weight excluding hydrogens is 246 g/mol. The van der Waals surface area contributed by atoms with Crippen molar-refractivity contribution in [1.29, 1.82) is 0 Å². The largest absolute Gasteiger partial charge is 0.391 e. The van der Waals surface area contributed by atoms with Gasteiger partial charge < -0.3 is 5.11 Å². The number of rotatable bonds is 2. The number of nitrogens with zero attached hydrogens (tertiary/aromatic N) is 1. The Morgan fingerprint density at radius 2 is 1.95 bits per heavy atom. The van der Waals surface area contributed by atoms with Crippen LogP contribution in [-0.2, 0) is 0 Å². The molecule has 1 N–H and O–H groups in total. The third-order valence-electron chi connectivity index (χ3n) is 3.80. The number of hydrogen-bond donors (Lipinski definition) is 1. The molecule has 2 aromatic carbocycles. The fourth-order valence-electron chi connectivity index (χ4n) is 2.95. The molecule has 0 fully saturated rings. The molecule has 0 radical (unpaired) electrons. The third-order valence-corrected chi connectivity index (χ3v) is 3.80. The van der Waals surface area contributed by atoms with Crippen molar-refractivity contribution in [2.45, 2.75) is 18.4 Å². The van der Waals surface area contributed by atoms with Gasteiger partial charge in [0.05, 0.1) is 12.7 Å². The van der Waals surface area contributed by atoms with Gasteiger partial charge in [0.25, 0.3) is 0 Å². The van der Waals surface area contributed by atoms with Crippen LogP contribution in [0, 0.1) is 18.9 Å². The Bertz CT molecular complexity index is 749. The predicted molar refractivity (Wildman–Crippen MR) is 79.4 cm³/mol. The maximum atomic E-state index is 10.4. The molecule has 0 saturated heterocycles. The second-order valence-corrected chi connectivity index (χ2v) is 4.92. The molecule has 0 spiro atoms. The monoisotopic (exact) mass is 259 g/mol. The van der Waals surface area contributed by atoms with Gasteiger partial charge in [0.2, 0.25) is 0 Å². The van der Waals surface area contributed by atoms with E-state index in [0.717, 1.165) is 22.3 Å². The summed E-state index contributed by atoms with van der Waals surface area (Å²) in [5, 5.41) is 10.4. The first-order valence-electron chi connectivity index (χ1n) is 6.48. The molecule has 2 nitrogen and oxygen atoms in total. The van der Waals surface area contributed by atoms with Crippen molar-refractivity contribution < 1.29 is 5.11 Å². The predicted octanol–water partition coefficient (Wildman–Crippen LogP) is 3.73. The lowest BCUT2D eigenvalue weighted by atomic mass is 9.90. The molecule has 0 amide bonds. The Morgan fingerprint density at radius 1 is 1.20 bits per heavy atom. The summed E-state index contributed by atoms with van der Waals surface area (Å²) in [4.78, 5) is 3.48. The van der Waals surface area contributed by atoms with Gasteiger partial charge >= 0.3 is 0 Å². The van der Waals surface area contributed by atoms with E-state index in [4.69, 9.17) is 13.0 Å². The van der Waals surface area contributed by atoms with Gasteiger partial charge in [-0.05, 0) is 28.3 Å². The van der Waals surface area contributed by atoms with E-state index in [1.165, 1.54) is 0 Å². The van der Waals surface area contributed by atoms with Crippen LogP contribution in [0.1, 0.15) is 23.5 Å². The summed E-state index contributed by atoms with van der Waals surface area (Å²) in [5.74, 6) is 2.43. The Labute approximate surface area is 118 Å². The molecule has 96 valence electrons. The van der Waals surface area contributed by atoms with E-state index >= 15 is 0 Å². The summed E-state index contributed by atoms with van der Waals surface area (Å²) in [6.07, 6.45) is 5.06. The summed E-state index contributed by atoms with van der Waals surface area (Å²) in [7, 11) is 0. The maximum absolute atomic E-state index is 10.4. The van der Waals surface area contributed by atoms with Crippen LogP contribution in [0.2, 0.25) is 0 Å². The van der Waals surface area contributed by atoms with Gasteiger partial charge in [-0.3, -0.25) is 0 Å². The summed E-state index contributed by atoms with van der Waals surface area (Å²) in [5.41, 5.74) is 4.89. The molecule has 2 atom stereocenters. The molecule has 1 aliphatic carbocycles. The minimum Gasteiger partial charge on any atom is -0.391 e. The number of fused-ring (bicyclic) bond motifs is 3. The zero-order valence-corrected chi connectivity index (χ0v) is 10.9. The minimum absolute atomic E-state index is 0.1000. The first-order valence-corrected chi connectivity index (χ1v) is 6.48. The van der Waals surface area contributed by atoms with Crippen LogP contribution in [-0.4, -0.2) is 11.2 Å². The lowest BCUT2D eigenvalue weighted by molar-refractivity contribution is 0.163. The van der Waals surface area contributed by atoms with Crippen molar-refractivity contribution >= 4 is 5.69 Å². The molecule has 3 rings (SSSR count). The molecule has 2 heteroatoms. The summed E-state index contributed by atoms with van der Waals surface area (Å²) in [6, 6.07) is 13.6. The van der Waals surface area contributed by atoms with Crippen molar-refractivity contribution in [3.8, 4) is 23.5 Å². The minimum atomic E-state index is -0.596. The van der Waals surface area contributed by atoms with E-state index in [9.17, 15) is 5.11 Å². The maximum Gasteiger partial charge on any atom is 0.187 e. The van der Waals surface area contributed by atoms with E-state index in [1.54, 1.807) is 6.07 Å². The van der Waals surface area contributed by atoms with Crippen LogP contribution in [0.4, 0.5) is 5.69 Å². The van der Waals surface area contributed by atoms with Crippen molar-refractivity contribution in [3.05, 3.63) is 65.0 Å². The molecule has 0 heterocycles. The lowest BCUT2D eigenvalue weighted by Crippen LogP contribution is -2.17. The highest BCUT2D eigenvalue weighted by Gasteiger charge is 2.32. The van der Waals surface area contributed by atoms with Crippen LogP contribution < -0.4 is 0 Å². The average molecular weight is 259 g/mol. The molecule has 0 aliphatic heterocycles. The van der Waals surface area contributed by atoms with Gasteiger partial charge in [0, 0.05) is 12.3 Å². The Balaban J connectivity index is 2.21. The van der Waals surface area contributed by atoms with Gasteiger partial charge in [-0.15, -0.1) is 12.3 Å². The Hall–Kier alpha value is -2.55. The third kappa shape index (κ3) is 1.79. The van der Waals surface area contributed by atoms with Crippen LogP contribution in [0.15, 0.2) is 42.5 Å². The van der Waals surface area contributed by atoms with Gasteiger partial charge in [0.15, 0.2) is 5.69 Å². The van der Waals surface area contributed by atoms with Gasteiger partial charge in [0.1, 0.15) is 0 Å². The van der Waals surface area contributed by atoms with E-state index in [1.807, 2.05) is 36.4 Å². The second-order valence-electron chi connectivity index (χ2n) is 4.92. The fourth-order valence-corrected chi connectivity index (χ4v) is 2.95. The molecule has 0 aromatic heterocycles. The zero-order chi connectivity index (χ0) is 14.1. The standard InChI is InChI=1S/C18H13NO/c1-3-6-17(20)18-14-8-5-4-7-13(14)16-11-12(19-2)9-10-15(16)18/h1,4-5,7-11,17-18,20H,6H2. The fraction of sp³-hybridized carbons (Fsp3) is 0.167. The van der Waals surface area contributed by atoms with E-state index in [0.29, 0.717) is 12.1 Å².